The van der Waals surface area contributed by atoms with Crippen molar-refractivity contribution in [1.29, 1.82) is 0 Å². The van der Waals surface area contributed by atoms with Gasteiger partial charge in [0.1, 0.15) is 0 Å². The minimum Gasteiger partial charge on any atom is -0.345 e. The Morgan fingerprint density at radius 1 is 1.71 bits per heavy atom. The third-order valence-electron chi connectivity index (χ3n) is 2.53. The van der Waals surface area contributed by atoms with Crippen LogP contribution in [0, 0.1) is 0 Å². The van der Waals surface area contributed by atoms with Gasteiger partial charge in [-0.3, -0.25) is 4.79 Å². The second-order valence-electron chi connectivity index (χ2n) is 3.92. The summed E-state index contributed by atoms with van der Waals surface area (Å²) in [4.78, 5) is 12.5. The number of hydrogen-bond donors (Lipinski definition) is 2. The molecular weight excluding hydrogens is 196 g/mol. The van der Waals surface area contributed by atoms with Gasteiger partial charge in [-0.25, -0.2) is 0 Å². The quantitative estimate of drug-likeness (QED) is 0.771. The Balaban J connectivity index is 2.01. The van der Waals surface area contributed by atoms with Gasteiger partial charge in [-0.1, -0.05) is 6.07 Å². The fourth-order valence-corrected chi connectivity index (χ4v) is 2.29. The topological polar surface area (TPSA) is 41.1 Å². The molecule has 1 amide bonds. The molecule has 1 atom stereocenters. The predicted molar refractivity (Wildman–Crippen MR) is 57.7 cm³/mol. The van der Waals surface area contributed by atoms with Crippen molar-refractivity contribution in [3.05, 3.63) is 22.4 Å². The fourth-order valence-electron chi connectivity index (χ4n) is 1.67. The van der Waals surface area contributed by atoms with Gasteiger partial charge in [0.2, 0.25) is 0 Å². The molecule has 1 aromatic rings. The van der Waals surface area contributed by atoms with E-state index in [-0.39, 0.29) is 11.4 Å². The van der Waals surface area contributed by atoms with Crippen LogP contribution >= 0.6 is 11.3 Å². The van der Waals surface area contributed by atoms with Gasteiger partial charge in [-0.2, -0.15) is 0 Å². The lowest BCUT2D eigenvalue weighted by Gasteiger charge is -2.23. The van der Waals surface area contributed by atoms with E-state index in [9.17, 15) is 4.79 Å². The van der Waals surface area contributed by atoms with E-state index in [1.54, 1.807) is 0 Å². The number of thiophene rings is 1. The molecule has 1 saturated heterocycles. The molecule has 1 aliphatic rings. The Morgan fingerprint density at radius 2 is 2.57 bits per heavy atom. The van der Waals surface area contributed by atoms with Crippen LogP contribution < -0.4 is 10.6 Å². The van der Waals surface area contributed by atoms with Crippen LogP contribution in [0.3, 0.4) is 0 Å². The van der Waals surface area contributed by atoms with Gasteiger partial charge in [0.15, 0.2) is 0 Å². The largest absolute Gasteiger partial charge is 0.345 e. The molecule has 2 N–H and O–H groups in total. The van der Waals surface area contributed by atoms with Crippen LogP contribution in [0.25, 0.3) is 0 Å². The van der Waals surface area contributed by atoms with Gasteiger partial charge >= 0.3 is 0 Å². The van der Waals surface area contributed by atoms with Crippen molar-refractivity contribution >= 4 is 17.2 Å². The lowest BCUT2D eigenvalue weighted by Crippen LogP contribution is -2.47. The highest BCUT2D eigenvalue weighted by molar-refractivity contribution is 7.12. The van der Waals surface area contributed by atoms with E-state index in [4.69, 9.17) is 0 Å². The molecule has 4 heteroatoms. The first-order chi connectivity index (χ1) is 6.70. The van der Waals surface area contributed by atoms with E-state index in [2.05, 4.69) is 17.6 Å². The number of nitrogens with one attached hydrogen (secondary N) is 2. The molecule has 14 heavy (non-hydrogen) atoms. The van der Waals surface area contributed by atoms with Crippen molar-refractivity contribution in [3.8, 4) is 0 Å². The first kappa shape index (κ1) is 9.68. The molecule has 76 valence electrons. The predicted octanol–water partition coefficient (Wildman–Crippen LogP) is 1.23. The highest BCUT2D eigenvalue weighted by atomic mass is 32.1. The summed E-state index contributed by atoms with van der Waals surface area (Å²) in [5.41, 5.74) is -0.0684. The summed E-state index contributed by atoms with van der Waals surface area (Å²) >= 11 is 1.48. The van der Waals surface area contributed by atoms with Crippen molar-refractivity contribution in [2.45, 2.75) is 18.9 Å². The highest BCUT2D eigenvalue weighted by Crippen LogP contribution is 2.16. The molecule has 0 bridgehead atoms. The molecule has 1 fully saturated rings. The zero-order chi connectivity index (χ0) is 10.0. The SMILES string of the molecule is CC1(NC(=O)c2cccs2)CCNC1. The Hall–Kier alpha value is -0.870. The summed E-state index contributed by atoms with van der Waals surface area (Å²) in [6.07, 6.45) is 1.00. The molecule has 0 aliphatic carbocycles. The van der Waals surface area contributed by atoms with Crippen LogP contribution in [-0.4, -0.2) is 24.5 Å². The number of rotatable bonds is 2. The Bertz CT molecular complexity index is 315. The van der Waals surface area contributed by atoms with E-state index >= 15 is 0 Å². The Labute approximate surface area is 87.5 Å². The van der Waals surface area contributed by atoms with Crippen LogP contribution in [-0.2, 0) is 0 Å². The Morgan fingerprint density at radius 3 is 3.14 bits per heavy atom. The maximum atomic E-state index is 11.7. The van der Waals surface area contributed by atoms with Crippen LogP contribution in [0.1, 0.15) is 23.0 Å². The van der Waals surface area contributed by atoms with Gasteiger partial charge in [0, 0.05) is 6.54 Å². The lowest BCUT2D eigenvalue weighted by molar-refractivity contribution is 0.0917. The van der Waals surface area contributed by atoms with Crippen molar-refractivity contribution in [3.63, 3.8) is 0 Å². The molecule has 3 nitrogen and oxygen atoms in total. The minimum absolute atomic E-state index is 0.0474. The van der Waals surface area contributed by atoms with E-state index in [0.29, 0.717) is 0 Å². The third-order valence-corrected chi connectivity index (χ3v) is 3.40. The van der Waals surface area contributed by atoms with Crippen molar-refractivity contribution in [2.24, 2.45) is 0 Å². The molecule has 0 saturated carbocycles. The average Bonchev–Trinajstić information content (AvgIpc) is 2.74. The van der Waals surface area contributed by atoms with Gasteiger partial charge in [0.05, 0.1) is 10.4 Å². The standard InChI is InChI=1S/C10H14N2OS/c1-10(4-5-11-7-10)12-9(13)8-3-2-6-14-8/h2-3,6,11H,4-5,7H2,1H3,(H,12,13). The van der Waals surface area contributed by atoms with Gasteiger partial charge in [-0.15, -0.1) is 11.3 Å². The van der Waals surface area contributed by atoms with E-state index in [1.807, 2.05) is 17.5 Å². The second-order valence-corrected chi connectivity index (χ2v) is 4.87. The zero-order valence-corrected chi connectivity index (χ0v) is 8.99. The molecule has 0 aromatic carbocycles. The van der Waals surface area contributed by atoms with E-state index in [0.717, 1.165) is 24.4 Å². The first-order valence-electron chi connectivity index (χ1n) is 4.76. The van der Waals surface area contributed by atoms with Crippen LogP contribution in [0.5, 0.6) is 0 Å². The monoisotopic (exact) mass is 210 g/mol. The van der Waals surface area contributed by atoms with Crippen LogP contribution in [0.4, 0.5) is 0 Å². The first-order valence-corrected chi connectivity index (χ1v) is 5.64. The molecule has 0 radical (unpaired) electrons. The summed E-state index contributed by atoms with van der Waals surface area (Å²) in [6, 6.07) is 3.75. The van der Waals surface area contributed by atoms with E-state index < -0.39 is 0 Å². The van der Waals surface area contributed by atoms with Crippen LogP contribution in [0.15, 0.2) is 17.5 Å². The van der Waals surface area contributed by atoms with Gasteiger partial charge < -0.3 is 10.6 Å². The molecule has 0 spiro atoms. The maximum absolute atomic E-state index is 11.7. The zero-order valence-electron chi connectivity index (χ0n) is 8.17. The minimum atomic E-state index is -0.0684. The molecular formula is C10H14N2OS. The maximum Gasteiger partial charge on any atom is 0.261 e. The average molecular weight is 210 g/mol. The van der Waals surface area contributed by atoms with Gasteiger partial charge in [-0.05, 0) is 31.3 Å². The lowest BCUT2D eigenvalue weighted by atomic mass is 10.0. The molecule has 1 unspecified atom stereocenters. The molecule has 1 aliphatic heterocycles. The van der Waals surface area contributed by atoms with Crippen LogP contribution in [0.2, 0.25) is 0 Å². The van der Waals surface area contributed by atoms with Crippen molar-refractivity contribution in [2.75, 3.05) is 13.1 Å². The summed E-state index contributed by atoms with van der Waals surface area (Å²) in [5.74, 6) is 0.0474. The third kappa shape index (κ3) is 1.96. The number of amides is 1. The molecule has 2 rings (SSSR count). The van der Waals surface area contributed by atoms with E-state index in [1.165, 1.54) is 11.3 Å². The smallest absolute Gasteiger partial charge is 0.261 e. The summed E-state index contributed by atoms with van der Waals surface area (Å²) < 4.78 is 0. The van der Waals surface area contributed by atoms with Crippen molar-refractivity contribution in [1.82, 2.24) is 10.6 Å². The highest BCUT2D eigenvalue weighted by Gasteiger charge is 2.30. The number of hydrogen-bond acceptors (Lipinski definition) is 3. The summed E-state index contributed by atoms with van der Waals surface area (Å²) in [7, 11) is 0. The Kier molecular flexibility index (Phi) is 2.56. The van der Waals surface area contributed by atoms with Gasteiger partial charge in [0.25, 0.3) is 5.91 Å². The second kappa shape index (κ2) is 3.71. The number of carbonyl (C=O) groups excluding carboxylic acids is 1. The molecule has 2 heterocycles. The number of carbonyl (C=O) groups is 1. The van der Waals surface area contributed by atoms with Crippen molar-refractivity contribution < 1.29 is 4.79 Å². The molecule has 1 aromatic heterocycles. The summed E-state index contributed by atoms with van der Waals surface area (Å²) in [5, 5.41) is 8.24. The summed E-state index contributed by atoms with van der Waals surface area (Å²) in [6.45, 7) is 3.93. The fraction of sp³-hybridized carbons (Fsp3) is 0.500. The normalized spacial score (nSPS) is 26.4.